The predicted molar refractivity (Wildman–Crippen MR) is 122 cm³/mol. The molecule has 0 saturated carbocycles. The van der Waals surface area contributed by atoms with E-state index in [1.54, 1.807) is 7.05 Å². The van der Waals surface area contributed by atoms with Crippen molar-refractivity contribution >= 4 is 29.9 Å². The largest absolute Gasteiger partial charge is 0.490 e. The van der Waals surface area contributed by atoms with E-state index in [1.165, 1.54) is 11.1 Å². The second kappa shape index (κ2) is 12.5. The van der Waals surface area contributed by atoms with Gasteiger partial charge in [-0.3, -0.25) is 4.99 Å². The molecule has 0 amide bonds. The molecule has 0 aliphatic heterocycles. The first-order valence-electron chi connectivity index (χ1n) is 9.10. The predicted octanol–water partition coefficient (Wildman–Crippen LogP) is 3.35. The molecule has 1 aromatic carbocycles. The average molecular weight is 486 g/mol. The first-order valence-corrected chi connectivity index (χ1v) is 9.10. The van der Waals surface area contributed by atoms with Gasteiger partial charge in [0.1, 0.15) is 0 Å². The van der Waals surface area contributed by atoms with E-state index in [1.807, 2.05) is 37.7 Å². The normalized spacial score (nSPS) is 10.9. The first kappa shape index (κ1) is 23.1. The third kappa shape index (κ3) is 7.70. The standard InChI is InChI=1S/C20H30N4O2.HI/c1-5-25-18-8-7-16(13-19(18)26-6-2)9-11-22-20(21-3)23-14-17-10-12-24(4)15-17;/h7-8,10,12-13,15H,5-6,9,11,14H2,1-4H3,(H2,21,22,23);1H. The quantitative estimate of drug-likeness (QED) is 0.324. The van der Waals surface area contributed by atoms with Gasteiger partial charge in [-0.15, -0.1) is 24.0 Å². The minimum absolute atomic E-state index is 0. The smallest absolute Gasteiger partial charge is 0.191 e. The Kier molecular flexibility index (Phi) is 10.7. The van der Waals surface area contributed by atoms with Crippen LogP contribution >= 0.6 is 24.0 Å². The summed E-state index contributed by atoms with van der Waals surface area (Å²) < 4.78 is 13.3. The fraction of sp³-hybridized carbons (Fsp3) is 0.450. The lowest BCUT2D eigenvalue weighted by molar-refractivity contribution is 0.287. The van der Waals surface area contributed by atoms with E-state index >= 15 is 0 Å². The second-order valence-electron chi connectivity index (χ2n) is 5.93. The maximum atomic E-state index is 5.68. The highest BCUT2D eigenvalue weighted by atomic mass is 127. The zero-order chi connectivity index (χ0) is 18.8. The van der Waals surface area contributed by atoms with E-state index in [4.69, 9.17) is 9.47 Å². The maximum Gasteiger partial charge on any atom is 0.191 e. The van der Waals surface area contributed by atoms with Crippen molar-refractivity contribution in [2.24, 2.45) is 12.0 Å². The van der Waals surface area contributed by atoms with Crippen LogP contribution in [0.15, 0.2) is 41.7 Å². The van der Waals surface area contributed by atoms with Crippen LogP contribution in [-0.4, -0.2) is 37.3 Å². The van der Waals surface area contributed by atoms with Crippen LogP contribution in [0.4, 0.5) is 0 Å². The molecule has 2 aromatic rings. The summed E-state index contributed by atoms with van der Waals surface area (Å²) in [5.41, 5.74) is 2.42. The van der Waals surface area contributed by atoms with Gasteiger partial charge in [0.2, 0.25) is 0 Å². The Bertz CT molecular complexity index is 716. The van der Waals surface area contributed by atoms with Gasteiger partial charge in [0.15, 0.2) is 17.5 Å². The lowest BCUT2D eigenvalue weighted by Crippen LogP contribution is -2.37. The third-order valence-electron chi connectivity index (χ3n) is 3.89. The Morgan fingerprint density at radius 1 is 1.04 bits per heavy atom. The summed E-state index contributed by atoms with van der Waals surface area (Å²) in [6.07, 6.45) is 5.00. The molecule has 1 aromatic heterocycles. The van der Waals surface area contributed by atoms with Gasteiger partial charge in [0, 0.05) is 39.6 Å². The third-order valence-corrected chi connectivity index (χ3v) is 3.89. The van der Waals surface area contributed by atoms with Crippen LogP contribution in [0.2, 0.25) is 0 Å². The van der Waals surface area contributed by atoms with Crippen LogP contribution in [0.5, 0.6) is 11.5 Å². The van der Waals surface area contributed by atoms with E-state index in [9.17, 15) is 0 Å². The molecule has 0 unspecified atom stereocenters. The van der Waals surface area contributed by atoms with Gasteiger partial charge in [0.25, 0.3) is 0 Å². The van der Waals surface area contributed by atoms with Crippen molar-refractivity contribution in [2.75, 3.05) is 26.8 Å². The maximum absolute atomic E-state index is 5.68. The highest BCUT2D eigenvalue weighted by Crippen LogP contribution is 2.28. The first-order chi connectivity index (χ1) is 12.7. The van der Waals surface area contributed by atoms with E-state index in [2.05, 4.69) is 40.0 Å². The molecule has 0 aliphatic carbocycles. The number of guanidine groups is 1. The van der Waals surface area contributed by atoms with Gasteiger partial charge in [-0.25, -0.2) is 0 Å². The molecule has 150 valence electrons. The number of nitrogens with zero attached hydrogens (tertiary/aromatic N) is 2. The number of rotatable bonds is 9. The Morgan fingerprint density at radius 2 is 1.78 bits per heavy atom. The molecule has 7 heteroatoms. The van der Waals surface area contributed by atoms with Gasteiger partial charge in [-0.05, 0) is 49.6 Å². The molecular weight excluding hydrogens is 455 g/mol. The summed E-state index contributed by atoms with van der Waals surface area (Å²) in [6, 6.07) is 8.20. The van der Waals surface area contributed by atoms with Gasteiger partial charge >= 0.3 is 0 Å². The lowest BCUT2D eigenvalue weighted by Gasteiger charge is -2.14. The SMILES string of the molecule is CCOc1ccc(CCNC(=NC)NCc2ccn(C)c2)cc1OCC.I. The molecule has 0 saturated heterocycles. The summed E-state index contributed by atoms with van der Waals surface area (Å²) in [5.74, 6) is 2.40. The zero-order valence-electron chi connectivity index (χ0n) is 16.6. The number of hydrogen-bond acceptors (Lipinski definition) is 3. The molecule has 2 N–H and O–H groups in total. The van der Waals surface area contributed by atoms with Gasteiger partial charge in [-0.2, -0.15) is 0 Å². The average Bonchev–Trinajstić information content (AvgIpc) is 3.05. The van der Waals surface area contributed by atoms with E-state index in [0.717, 1.165) is 37.0 Å². The van der Waals surface area contributed by atoms with Crippen molar-refractivity contribution in [3.63, 3.8) is 0 Å². The van der Waals surface area contributed by atoms with Crippen molar-refractivity contribution in [1.82, 2.24) is 15.2 Å². The summed E-state index contributed by atoms with van der Waals surface area (Å²) in [7, 11) is 3.80. The molecule has 27 heavy (non-hydrogen) atoms. The van der Waals surface area contributed by atoms with Crippen LogP contribution in [-0.2, 0) is 20.0 Å². The van der Waals surface area contributed by atoms with Gasteiger partial charge < -0.3 is 24.7 Å². The number of aryl methyl sites for hydroxylation is 1. The summed E-state index contributed by atoms with van der Waals surface area (Å²) in [4.78, 5) is 4.27. The Morgan fingerprint density at radius 3 is 2.41 bits per heavy atom. The number of aliphatic imine (C=N–C) groups is 1. The molecule has 0 bridgehead atoms. The van der Waals surface area contributed by atoms with Crippen molar-refractivity contribution in [3.8, 4) is 11.5 Å². The van der Waals surface area contributed by atoms with Crippen LogP contribution in [0, 0.1) is 0 Å². The highest BCUT2D eigenvalue weighted by molar-refractivity contribution is 14.0. The van der Waals surface area contributed by atoms with Gasteiger partial charge in [-0.1, -0.05) is 6.07 Å². The van der Waals surface area contributed by atoms with Crippen molar-refractivity contribution in [1.29, 1.82) is 0 Å². The zero-order valence-corrected chi connectivity index (χ0v) is 18.9. The Balaban J connectivity index is 0.00000364. The highest BCUT2D eigenvalue weighted by Gasteiger charge is 2.06. The van der Waals surface area contributed by atoms with Crippen LogP contribution < -0.4 is 20.1 Å². The fourth-order valence-electron chi connectivity index (χ4n) is 2.65. The minimum Gasteiger partial charge on any atom is -0.490 e. The van der Waals surface area contributed by atoms with E-state index in [-0.39, 0.29) is 24.0 Å². The van der Waals surface area contributed by atoms with Gasteiger partial charge in [0.05, 0.1) is 13.2 Å². The summed E-state index contributed by atoms with van der Waals surface area (Å²) >= 11 is 0. The monoisotopic (exact) mass is 486 g/mol. The number of nitrogens with one attached hydrogen (secondary N) is 2. The summed E-state index contributed by atoms with van der Waals surface area (Å²) in [5, 5.41) is 6.67. The number of benzene rings is 1. The lowest BCUT2D eigenvalue weighted by atomic mass is 10.1. The molecule has 0 atom stereocenters. The van der Waals surface area contributed by atoms with Crippen LogP contribution in [0.25, 0.3) is 0 Å². The number of ether oxygens (including phenoxy) is 2. The second-order valence-corrected chi connectivity index (χ2v) is 5.93. The van der Waals surface area contributed by atoms with Crippen molar-refractivity contribution in [3.05, 3.63) is 47.8 Å². The fourth-order valence-corrected chi connectivity index (χ4v) is 2.65. The molecule has 6 nitrogen and oxygen atoms in total. The van der Waals surface area contributed by atoms with Crippen LogP contribution in [0.3, 0.4) is 0 Å². The summed E-state index contributed by atoms with van der Waals surface area (Å²) in [6.45, 7) is 6.74. The van der Waals surface area contributed by atoms with E-state index in [0.29, 0.717) is 13.2 Å². The molecule has 2 rings (SSSR count). The topological polar surface area (TPSA) is 59.8 Å². The minimum atomic E-state index is 0. The van der Waals surface area contributed by atoms with Crippen LogP contribution in [0.1, 0.15) is 25.0 Å². The Labute approximate surface area is 179 Å². The number of halogens is 1. The molecule has 0 radical (unpaired) electrons. The van der Waals surface area contributed by atoms with Crippen molar-refractivity contribution in [2.45, 2.75) is 26.8 Å². The molecular formula is C20H31IN4O2. The molecule has 0 spiro atoms. The number of aromatic nitrogens is 1. The van der Waals surface area contributed by atoms with E-state index < -0.39 is 0 Å². The molecule has 1 heterocycles. The Hall–Kier alpha value is -1.90. The number of hydrogen-bond donors (Lipinski definition) is 2. The molecule has 0 aliphatic rings. The van der Waals surface area contributed by atoms with Crippen molar-refractivity contribution < 1.29 is 9.47 Å². The molecule has 0 fully saturated rings.